The Kier molecular flexibility index (Phi) is 3.25. The second-order valence-corrected chi connectivity index (χ2v) is 7.08. The van der Waals surface area contributed by atoms with Gasteiger partial charge in [-0.3, -0.25) is 14.4 Å². The summed E-state index contributed by atoms with van der Waals surface area (Å²) in [5.74, 6) is -2.65. The normalized spacial score (nSPS) is 28.1. The van der Waals surface area contributed by atoms with Crippen LogP contribution in [0.2, 0.25) is 0 Å². The fraction of sp³-hybridized carbons (Fsp3) is 0.190. The predicted molar refractivity (Wildman–Crippen MR) is 99.0 cm³/mol. The molecule has 0 bridgehead atoms. The Morgan fingerprint density at radius 3 is 2.30 bits per heavy atom. The van der Waals surface area contributed by atoms with Gasteiger partial charge in [-0.2, -0.15) is 0 Å². The molecular formula is C21H17N3O3. The lowest BCUT2D eigenvalue weighted by Gasteiger charge is -2.34. The van der Waals surface area contributed by atoms with E-state index in [0.29, 0.717) is 5.69 Å². The van der Waals surface area contributed by atoms with Crippen molar-refractivity contribution in [2.24, 2.45) is 17.6 Å². The number of carbonyl (C=O) groups excluding carboxylic acids is 3. The quantitative estimate of drug-likeness (QED) is 0.827. The first-order chi connectivity index (χ1) is 13.1. The molecule has 0 aromatic heterocycles. The van der Waals surface area contributed by atoms with Crippen LogP contribution in [0.25, 0.3) is 6.08 Å². The SMILES string of the molecule is NC(=O)[C@@H]1[C@@H]2C(=O)N(c3ccccc3)C(=O)[C@H]2[C@@H]2c3ccccc3C=CN12. The number of primary amides is 1. The zero-order valence-electron chi connectivity index (χ0n) is 14.4. The molecule has 0 saturated carbocycles. The van der Waals surface area contributed by atoms with Crippen molar-refractivity contribution in [3.8, 4) is 0 Å². The largest absolute Gasteiger partial charge is 0.368 e. The zero-order chi connectivity index (χ0) is 18.7. The molecule has 2 saturated heterocycles. The molecule has 134 valence electrons. The molecule has 0 radical (unpaired) electrons. The van der Waals surface area contributed by atoms with Crippen LogP contribution in [-0.4, -0.2) is 28.7 Å². The molecule has 5 rings (SSSR count). The maximum absolute atomic E-state index is 13.3. The van der Waals surface area contributed by atoms with Crippen LogP contribution in [0.5, 0.6) is 0 Å². The minimum Gasteiger partial charge on any atom is -0.368 e. The van der Waals surface area contributed by atoms with Crippen LogP contribution in [-0.2, 0) is 14.4 Å². The van der Waals surface area contributed by atoms with E-state index in [1.54, 1.807) is 35.4 Å². The first-order valence-electron chi connectivity index (χ1n) is 8.86. The van der Waals surface area contributed by atoms with E-state index in [4.69, 9.17) is 5.73 Å². The van der Waals surface area contributed by atoms with E-state index in [1.165, 1.54) is 4.90 Å². The third-order valence-electron chi connectivity index (χ3n) is 5.77. The Hall–Kier alpha value is -3.41. The number of imide groups is 1. The van der Waals surface area contributed by atoms with Crippen molar-refractivity contribution in [1.29, 1.82) is 0 Å². The average Bonchev–Trinajstić information content (AvgIpc) is 3.16. The van der Waals surface area contributed by atoms with Crippen LogP contribution in [0, 0.1) is 11.8 Å². The fourth-order valence-corrected chi connectivity index (χ4v) is 4.71. The third-order valence-corrected chi connectivity index (χ3v) is 5.77. The van der Waals surface area contributed by atoms with E-state index in [1.807, 2.05) is 36.4 Å². The molecule has 4 atom stereocenters. The van der Waals surface area contributed by atoms with Crippen LogP contribution < -0.4 is 10.6 Å². The number of hydrogen-bond donors (Lipinski definition) is 1. The molecular weight excluding hydrogens is 342 g/mol. The summed E-state index contributed by atoms with van der Waals surface area (Å²) in [5, 5.41) is 0. The first kappa shape index (κ1) is 15.8. The lowest BCUT2D eigenvalue weighted by molar-refractivity contribution is -0.129. The number of anilines is 1. The third kappa shape index (κ3) is 2.04. The summed E-state index contributed by atoms with van der Waals surface area (Å²) in [6, 6.07) is 15.4. The lowest BCUT2D eigenvalue weighted by atomic mass is 9.84. The molecule has 0 spiro atoms. The highest BCUT2D eigenvalue weighted by Gasteiger charge is 2.64. The van der Waals surface area contributed by atoms with Crippen molar-refractivity contribution in [2.45, 2.75) is 12.1 Å². The summed E-state index contributed by atoms with van der Waals surface area (Å²) in [4.78, 5) is 41.8. The van der Waals surface area contributed by atoms with Crippen molar-refractivity contribution in [3.63, 3.8) is 0 Å². The highest BCUT2D eigenvalue weighted by atomic mass is 16.2. The summed E-state index contributed by atoms with van der Waals surface area (Å²) >= 11 is 0. The van der Waals surface area contributed by atoms with Gasteiger partial charge in [-0.25, -0.2) is 4.90 Å². The molecule has 6 heteroatoms. The Bertz CT molecular complexity index is 1000. The van der Waals surface area contributed by atoms with Crippen LogP contribution in [0.3, 0.4) is 0 Å². The van der Waals surface area contributed by atoms with E-state index in [9.17, 15) is 14.4 Å². The van der Waals surface area contributed by atoms with Gasteiger partial charge in [-0.15, -0.1) is 0 Å². The first-order valence-corrected chi connectivity index (χ1v) is 8.86. The summed E-state index contributed by atoms with van der Waals surface area (Å²) in [7, 11) is 0. The minimum atomic E-state index is -0.838. The molecule has 2 N–H and O–H groups in total. The molecule has 3 heterocycles. The second-order valence-electron chi connectivity index (χ2n) is 7.08. The number of carbonyl (C=O) groups is 3. The van der Waals surface area contributed by atoms with Crippen LogP contribution >= 0.6 is 0 Å². The molecule has 2 fully saturated rings. The average molecular weight is 359 g/mol. The predicted octanol–water partition coefficient (Wildman–Crippen LogP) is 1.69. The Balaban J connectivity index is 1.67. The van der Waals surface area contributed by atoms with E-state index < -0.39 is 23.8 Å². The van der Waals surface area contributed by atoms with Gasteiger partial charge in [0, 0.05) is 6.20 Å². The van der Waals surface area contributed by atoms with Gasteiger partial charge in [-0.1, -0.05) is 42.5 Å². The van der Waals surface area contributed by atoms with Gasteiger partial charge >= 0.3 is 0 Å². The van der Waals surface area contributed by atoms with Gasteiger partial charge in [0.2, 0.25) is 17.7 Å². The van der Waals surface area contributed by atoms with Gasteiger partial charge in [-0.05, 0) is 29.3 Å². The number of fused-ring (bicyclic) bond motifs is 5. The summed E-state index contributed by atoms with van der Waals surface area (Å²) in [6.45, 7) is 0. The Labute approximate surface area is 155 Å². The summed E-state index contributed by atoms with van der Waals surface area (Å²) in [5.41, 5.74) is 8.13. The molecule has 2 aromatic carbocycles. The van der Waals surface area contributed by atoms with Crippen molar-refractivity contribution in [3.05, 3.63) is 71.9 Å². The van der Waals surface area contributed by atoms with Crippen molar-refractivity contribution < 1.29 is 14.4 Å². The van der Waals surface area contributed by atoms with Crippen LogP contribution in [0.4, 0.5) is 5.69 Å². The number of benzene rings is 2. The van der Waals surface area contributed by atoms with Gasteiger partial charge in [0.1, 0.15) is 6.04 Å². The highest BCUT2D eigenvalue weighted by Crippen LogP contribution is 2.52. The minimum absolute atomic E-state index is 0.278. The van der Waals surface area contributed by atoms with Crippen LogP contribution in [0.1, 0.15) is 17.2 Å². The molecule has 0 unspecified atom stereocenters. The molecule has 6 nitrogen and oxygen atoms in total. The maximum Gasteiger partial charge on any atom is 0.240 e. The van der Waals surface area contributed by atoms with Gasteiger partial charge in [0.15, 0.2) is 0 Å². The molecule has 2 aromatic rings. The molecule has 3 amide bonds. The van der Waals surface area contributed by atoms with Crippen molar-refractivity contribution >= 4 is 29.5 Å². The van der Waals surface area contributed by atoms with Crippen LogP contribution in [0.15, 0.2) is 60.8 Å². The monoisotopic (exact) mass is 359 g/mol. The summed E-state index contributed by atoms with van der Waals surface area (Å²) < 4.78 is 0. The Morgan fingerprint density at radius 1 is 0.889 bits per heavy atom. The van der Waals surface area contributed by atoms with Gasteiger partial charge in [0.05, 0.1) is 23.6 Å². The number of rotatable bonds is 2. The molecule has 0 aliphatic carbocycles. The van der Waals surface area contributed by atoms with E-state index >= 15 is 0 Å². The van der Waals surface area contributed by atoms with E-state index in [0.717, 1.165) is 11.1 Å². The second kappa shape index (κ2) is 5.54. The highest BCUT2D eigenvalue weighted by molar-refractivity contribution is 6.24. The maximum atomic E-state index is 13.3. The topological polar surface area (TPSA) is 83.7 Å². The number of nitrogens with zero attached hydrogens (tertiary/aromatic N) is 2. The van der Waals surface area contributed by atoms with E-state index in [-0.39, 0.29) is 17.9 Å². The van der Waals surface area contributed by atoms with Crippen molar-refractivity contribution in [2.75, 3.05) is 4.90 Å². The standard InChI is InChI=1S/C21H17N3O3/c22-19(25)18-16-15(17-14-9-5-4-6-12(14)10-11-23(17)18)20(26)24(21(16)27)13-7-2-1-3-8-13/h1-11,15-18H,(H2,22,25)/t15-,16-,17+,18+/m1/s1. The van der Waals surface area contributed by atoms with Gasteiger partial charge in [0.25, 0.3) is 0 Å². The lowest BCUT2D eigenvalue weighted by Crippen LogP contribution is -2.46. The molecule has 3 aliphatic rings. The number of hydrogen-bond acceptors (Lipinski definition) is 4. The summed E-state index contributed by atoms with van der Waals surface area (Å²) in [6.07, 6.45) is 3.68. The number of nitrogens with two attached hydrogens (primary N) is 1. The number of amides is 3. The fourth-order valence-electron chi connectivity index (χ4n) is 4.71. The number of para-hydroxylation sites is 1. The Morgan fingerprint density at radius 2 is 1.56 bits per heavy atom. The van der Waals surface area contributed by atoms with Crippen molar-refractivity contribution in [1.82, 2.24) is 4.90 Å². The molecule has 3 aliphatic heterocycles. The molecule has 27 heavy (non-hydrogen) atoms. The smallest absolute Gasteiger partial charge is 0.240 e. The van der Waals surface area contributed by atoms with E-state index in [2.05, 4.69) is 0 Å². The van der Waals surface area contributed by atoms with Gasteiger partial charge < -0.3 is 10.6 Å². The zero-order valence-corrected chi connectivity index (χ0v) is 14.4.